The molecule has 1 N–H and O–H groups in total. The molecule has 1 aliphatic rings. The van der Waals surface area contributed by atoms with E-state index in [4.69, 9.17) is 0 Å². The predicted molar refractivity (Wildman–Crippen MR) is 88.2 cm³/mol. The van der Waals surface area contributed by atoms with Crippen LogP contribution in [-0.2, 0) is 12.8 Å². The van der Waals surface area contributed by atoms with Crippen LogP contribution < -0.4 is 5.32 Å². The van der Waals surface area contributed by atoms with Gasteiger partial charge in [-0.15, -0.1) is 0 Å². The highest BCUT2D eigenvalue weighted by Crippen LogP contribution is 2.44. The Kier molecular flexibility index (Phi) is 6.09. The van der Waals surface area contributed by atoms with E-state index >= 15 is 0 Å². The molecule has 2 rings (SSSR count). The van der Waals surface area contributed by atoms with Gasteiger partial charge in [0.25, 0.3) is 0 Å². The normalized spacial score (nSPS) is 17.5. The van der Waals surface area contributed by atoms with E-state index in [0.717, 1.165) is 0 Å². The Balaban J connectivity index is 1.88. The Labute approximate surface area is 125 Å². The summed E-state index contributed by atoms with van der Waals surface area (Å²) in [5.41, 5.74) is 3.65. The van der Waals surface area contributed by atoms with E-state index in [0.29, 0.717) is 5.41 Å². The van der Waals surface area contributed by atoms with Gasteiger partial charge in [0.15, 0.2) is 0 Å². The van der Waals surface area contributed by atoms with Crippen molar-refractivity contribution in [2.24, 2.45) is 5.41 Å². The summed E-state index contributed by atoms with van der Waals surface area (Å²) in [7, 11) is 2.08. The molecule has 0 unspecified atom stereocenters. The molecule has 20 heavy (non-hydrogen) atoms. The highest BCUT2D eigenvalue weighted by molar-refractivity contribution is 5.22. The van der Waals surface area contributed by atoms with E-state index in [1.807, 2.05) is 0 Å². The van der Waals surface area contributed by atoms with Crippen LogP contribution in [0.25, 0.3) is 0 Å². The second-order valence-electron chi connectivity index (χ2n) is 6.63. The Bertz CT molecular complexity index is 373. The molecule has 1 saturated carbocycles. The SMILES string of the molecule is CCCc1ccc(CCC2(CCNC)CCCC2)cc1. The molecule has 1 aromatic carbocycles. The van der Waals surface area contributed by atoms with Crippen molar-refractivity contribution in [1.82, 2.24) is 5.32 Å². The van der Waals surface area contributed by atoms with Crippen molar-refractivity contribution < 1.29 is 0 Å². The summed E-state index contributed by atoms with van der Waals surface area (Å²) in [4.78, 5) is 0. The second-order valence-corrected chi connectivity index (χ2v) is 6.63. The van der Waals surface area contributed by atoms with Crippen LogP contribution in [-0.4, -0.2) is 13.6 Å². The summed E-state index contributed by atoms with van der Waals surface area (Å²) >= 11 is 0. The fourth-order valence-electron chi connectivity index (χ4n) is 3.71. The van der Waals surface area contributed by atoms with Crippen molar-refractivity contribution in [3.05, 3.63) is 35.4 Å². The third-order valence-electron chi connectivity index (χ3n) is 5.08. The summed E-state index contributed by atoms with van der Waals surface area (Å²) in [5, 5.41) is 3.34. The van der Waals surface area contributed by atoms with Crippen molar-refractivity contribution in [1.29, 1.82) is 0 Å². The minimum Gasteiger partial charge on any atom is -0.320 e. The summed E-state index contributed by atoms with van der Waals surface area (Å²) < 4.78 is 0. The van der Waals surface area contributed by atoms with Crippen molar-refractivity contribution in [3.63, 3.8) is 0 Å². The molecule has 0 amide bonds. The lowest BCUT2D eigenvalue weighted by Crippen LogP contribution is -2.23. The first-order chi connectivity index (χ1) is 9.78. The molecular formula is C19H31N. The lowest BCUT2D eigenvalue weighted by atomic mass is 9.77. The topological polar surface area (TPSA) is 12.0 Å². The smallest absolute Gasteiger partial charge is 0.00466 e. The van der Waals surface area contributed by atoms with Crippen LogP contribution >= 0.6 is 0 Å². The lowest BCUT2D eigenvalue weighted by molar-refractivity contribution is 0.247. The van der Waals surface area contributed by atoms with Crippen molar-refractivity contribution in [3.8, 4) is 0 Å². The summed E-state index contributed by atoms with van der Waals surface area (Å²) in [5.74, 6) is 0. The molecule has 0 bridgehead atoms. The van der Waals surface area contributed by atoms with Crippen LogP contribution in [0.2, 0.25) is 0 Å². The van der Waals surface area contributed by atoms with E-state index < -0.39 is 0 Å². The molecule has 1 fully saturated rings. The van der Waals surface area contributed by atoms with E-state index in [2.05, 4.69) is 43.6 Å². The molecule has 0 radical (unpaired) electrons. The monoisotopic (exact) mass is 273 g/mol. The fraction of sp³-hybridized carbons (Fsp3) is 0.684. The number of rotatable bonds is 8. The molecular weight excluding hydrogens is 242 g/mol. The molecule has 0 aromatic heterocycles. The van der Waals surface area contributed by atoms with Crippen LogP contribution in [0.4, 0.5) is 0 Å². The maximum Gasteiger partial charge on any atom is -0.00466 e. The van der Waals surface area contributed by atoms with E-state index in [9.17, 15) is 0 Å². The first kappa shape index (κ1) is 15.6. The van der Waals surface area contributed by atoms with Crippen LogP contribution in [0.1, 0.15) is 63.0 Å². The molecule has 0 atom stereocenters. The third kappa shape index (κ3) is 4.34. The molecule has 1 heteroatoms. The molecule has 1 aliphatic carbocycles. The van der Waals surface area contributed by atoms with Gasteiger partial charge in [0, 0.05) is 0 Å². The van der Waals surface area contributed by atoms with E-state index in [-0.39, 0.29) is 0 Å². The standard InChI is InChI=1S/C19H31N/c1-3-6-17-7-9-18(10-8-17)11-14-19(15-16-20-2)12-4-5-13-19/h7-10,20H,3-6,11-16H2,1-2H3. The number of hydrogen-bond acceptors (Lipinski definition) is 1. The van der Waals surface area contributed by atoms with Crippen LogP contribution in [0.3, 0.4) is 0 Å². The van der Waals surface area contributed by atoms with Gasteiger partial charge in [-0.1, -0.05) is 50.5 Å². The Morgan fingerprint density at radius 3 is 2.10 bits per heavy atom. The van der Waals surface area contributed by atoms with Crippen molar-refractivity contribution in [2.75, 3.05) is 13.6 Å². The van der Waals surface area contributed by atoms with Crippen molar-refractivity contribution in [2.45, 2.75) is 64.7 Å². The van der Waals surface area contributed by atoms with Gasteiger partial charge >= 0.3 is 0 Å². The lowest BCUT2D eigenvalue weighted by Gasteiger charge is -2.29. The molecule has 112 valence electrons. The third-order valence-corrected chi connectivity index (χ3v) is 5.08. The highest BCUT2D eigenvalue weighted by atomic mass is 14.8. The molecule has 1 aromatic rings. The van der Waals surface area contributed by atoms with E-state index in [1.165, 1.54) is 75.5 Å². The Morgan fingerprint density at radius 2 is 1.55 bits per heavy atom. The fourth-order valence-corrected chi connectivity index (χ4v) is 3.71. The minimum atomic E-state index is 0.630. The molecule has 0 spiro atoms. The van der Waals surface area contributed by atoms with Crippen molar-refractivity contribution >= 4 is 0 Å². The summed E-state index contributed by atoms with van der Waals surface area (Å²) in [6.07, 6.45) is 12.2. The molecule has 0 aliphatic heterocycles. The van der Waals surface area contributed by atoms with Gasteiger partial charge in [0.1, 0.15) is 0 Å². The predicted octanol–water partition coefficient (Wildman–Crippen LogP) is 4.74. The average Bonchev–Trinajstić information content (AvgIpc) is 2.94. The van der Waals surface area contributed by atoms with Crippen LogP contribution in [0.5, 0.6) is 0 Å². The van der Waals surface area contributed by atoms with Gasteiger partial charge in [0.05, 0.1) is 0 Å². The summed E-state index contributed by atoms with van der Waals surface area (Å²) in [6, 6.07) is 9.36. The number of nitrogens with one attached hydrogen (secondary N) is 1. The number of hydrogen-bond donors (Lipinski definition) is 1. The maximum atomic E-state index is 3.34. The van der Waals surface area contributed by atoms with Gasteiger partial charge in [-0.2, -0.15) is 0 Å². The van der Waals surface area contributed by atoms with E-state index in [1.54, 1.807) is 0 Å². The quantitative estimate of drug-likeness (QED) is 0.721. The van der Waals surface area contributed by atoms with Crippen LogP contribution in [0, 0.1) is 5.41 Å². The number of benzene rings is 1. The molecule has 1 nitrogen and oxygen atoms in total. The Hall–Kier alpha value is -0.820. The molecule has 0 saturated heterocycles. The largest absolute Gasteiger partial charge is 0.320 e. The first-order valence-corrected chi connectivity index (χ1v) is 8.50. The van der Waals surface area contributed by atoms with Gasteiger partial charge in [-0.25, -0.2) is 0 Å². The zero-order valence-corrected chi connectivity index (χ0v) is 13.4. The zero-order chi connectivity index (χ0) is 14.3. The van der Waals surface area contributed by atoms with Gasteiger partial charge in [-0.05, 0) is 68.7 Å². The zero-order valence-electron chi connectivity index (χ0n) is 13.4. The Morgan fingerprint density at radius 1 is 0.950 bits per heavy atom. The average molecular weight is 273 g/mol. The van der Waals surface area contributed by atoms with Gasteiger partial charge in [0.2, 0.25) is 0 Å². The van der Waals surface area contributed by atoms with Crippen LogP contribution in [0.15, 0.2) is 24.3 Å². The summed E-state index contributed by atoms with van der Waals surface area (Å²) in [6.45, 7) is 3.43. The highest BCUT2D eigenvalue weighted by Gasteiger charge is 2.32. The minimum absolute atomic E-state index is 0.630. The first-order valence-electron chi connectivity index (χ1n) is 8.50. The molecule has 0 heterocycles. The number of aryl methyl sites for hydroxylation is 2. The maximum absolute atomic E-state index is 3.34. The van der Waals surface area contributed by atoms with Gasteiger partial charge in [-0.3, -0.25) is 0 Å². The second kappa shape index (κ2) is 7.83. The van der Waals surface area contributed by atoms with Gasteiger partial charge < -0.3 is 5.32 Å².